The summed E-state index contributed by atoms with van der Waals surface area (Å²) in [6.45, 7) is 2.92. The second kappa shape index (κ2) is 12.3. The molecule has 0 radical (unpaired) electrons. The summed E-state index contributed by atoms with van der Waals surface area (Å²) in [6.07, 6.45) is 1.99. The van der Waals surface area contributed by atoms with Gasteiger partial charge >= 0.3 is 0 Å². The number of methoxy groups -OCH3 is 1. The first-order valence-electron chi connectivity index (χ1n) is 10.7. The van der Waals surface area contributed by atoms with Gasteiger partial charge in [0.15, 0.2) is 16.9 Å². The number of hydrogen-bond donors (Lipinski definition) is 2. The topological polar surface area (TPSA) is 140 Å². The lowest BCUT2D eigenvalue weighted by molar-refractivity contribution is -0.110. The molecule has 34 heavy (non-hydrogen) atoms. The molecule has 0 saturated carbocycles. The molecule has 0 bridgehead atoms. The van der Waals surface area contributed by atoms with E-state index in [0.29, 0.717) is 36.9 Å². The number of ether oxygens (including phenoxy) is 2. The second-order valence-electron chi connectivity index (χ2n) is 7.29. The number of aliphatic hydroxyl groups excluding tert-OH is 1. The average Bonchev–Trinajstić information content (AvgIpc) is 3.50. The van der Waals surface area contributed by atoms with E-state index in [0.717, 1.165) is 4.88 Å². The van der Waals surface area contributed by atoms with E-state index in [1.807, 2.05) is 0 Å². The standard InChI is InChI=1S/C21H28N4O7S2/c1-3-25(9-10-26)34(28,29)18-6-4-15(5-7-18)19(24-32-16-8-11-31-13-16)20(27)23-21-22-12-17(33-21)14-30-2/h4-7,12,16,26H,3,8-11,13-14H2,1-2H3,(H,22,23,27)/t16-/m1/s1. The van der Waals surface area contributed by atoms with Crippen molar-refractivity contribution in [3.63, 3.8) is 0 Å². The quantitative estimate of drug-likeness (QED) is 0.322. The number of thiazole rings is 1. The van der Waals surface area contributed by atoms with Crippen LogP contribution in [0.5, 0.6) is 0 Å². The number of sulfonamides is 1. The fourth-order valence-electron chi connectivity index (χ4n) is 3.17. The van der Waals surface area contributed by atoms with Crippen LogP contribution in [0.4, 0.5) is 5.13 Å². The Morgan fingerprint density at radius 1 is 1.38 bits per heavy atom. The lowest BCUT2D eigenvalue weighted by Gasteiger charge is -2.19. The molecule has 1 atom stereocenters. The van der Waals surface area contributed by atoms with Crippen LogP contribution >= 0.6 is 11.3 Å². The number of anilines is 1. The highest BCUT2D eigenvalue weighted by Gasteiger charge is 2.25. The average molecular weight is 513 g/mol. The van der Waals surface area contributed by atoms with Crippen molar-refractivity contribution in [2.24, 2.45) is 5.16 Å². The number of likely N-dealkylation sites (N-methyl/N-ethyl adjacent to an activating group) is 1. The third-order valence-corrected chi connectivity index (χ3v) is 7.80. The van der Waals surface area contributed by atoms with E-state index in [1.54, 1.807) is 20.2 Å². The van der Waals surface area contributed by atoms with Crippen molar-refractivity contribution in [3.8, 4) is 0 Å². The summed E-state index contributed by atoms with van der Waals surface area (Å²) in [5, 5.41) is 16.3. The van der Waals surface area contributed by atoms with Gasteiger partial charge in [-0.15, -0.1) is 0 Å². The highest BCUT2D eigenvalue weighted by molar-refractivity contribution is 7.89. The van der Waals surface area contributed by atoms with Gasteiger partial charge in [-0.3, -0.25) is 10.1 Å². The van der Waals surface area contributed by atoms with Gasteiger partial charge in [0.1, 0.15) is 0 Å². The maximum absolute atomic E-state index is 13.0. The number of nitrogens with zero attached hydrogens (tertiary/aromatic N) is 3. The molecule has 1 aliphatic rings. The molecule has 1 aromatic heterocycles. The normalized spacial score (nSPS) is 16.7. The van der Waals surface area contributed by atoms with Crippen molar-refractivity contribution < 1.29 is 32.6 Å². The third-order valence-electron chi connectivity index (χ3n) is 4.92. The van der Waals surface area contributed by atoms with Crippen molar-refractivity contribution in [2.75, 3.05) is 45.3 Å². The Morgan fingerprint density at radius 2 is 2.15 bits per heavy atom. The highest BCUT2D eigenvalue weighted by Crippen LogP contribution is 2.21. The molecule has 2 N–H and O–H groups in total. The van der Waals surface area contributed by atoms with Crippen molar-refractivity contribution >= 4 is 38.1 Å². The number of carbonyl (C=O) groups is 1. The molecule has 13 heteroatoms. The molecule has 1 aromatic carbocycles. The van der Waals surface area contributed by atoms with Crippen LogP contribution in [0.15, 0.2) is 40.5 Å². The van der Waals surface area contributed by atoms with Crippen LogP contribution in [0.2, 0.25) is 0 Å². The molecule has 1 saturated heterocycles. The summed E-state index contributed by atoms with van der Waals surface area (Å²) in [5.74, 6) is -0.552. The van der Waals surface area contributed by atoms with E-state index in [9.17, 15) is 13.2 Å². The van der Waals surface area contributed by atoms with Crippen molar-refractivity contribution in [1.82, 2.24) is 9.29 Å². The van der Waals surface area contributed by atoms with Gasteiger partial charge < -0.3 is 19.4 Å². The zero-order valence-electron chi connectivity index (χ0n) is 19.0. The first-order valence-corrected chi connectivity index (χ1v) is 12.9. The number of carbonyl (C=O) groups excluding carboxylic acids is 1. The van der Waals surface area contributed by atoms with Crippen LogP contribution < -0.4 is 5.32 Å². The summed E-state index contributed by atoms with van der Waals surface area (Å²) >= 11 is 1.27. The Hall–Kier alpha value is -2.42. The Labute approximate surface area is 202 Å². The summed E-state index contributed by atoms with van der Waals surface area (Å²) in [6, 6.07) is 5.77. The molecule has 0 aliphatic carbocycles. The molecular weight excluding hydrogens is 484 g/mol. The minimum atomic E-state index is -3.79. The molecule has 1 aliphatic heterocycles. The van der Waals surface area contributed by atoms with E-state index < -0.39 is 15.9 Å². The van der Waals surface area contributed by atoms with E-state index in [4.69, 9.17) is 19.4 Å². The molecule has 0 spiro atoms. The van der Waals surface area contributed by atoms with Gasteiger partial charge in [-0.25, -0.2) is 13.4 Å². The van der Waals surface area contributed by atoms with Crippen molar-refractivity contribution in [3.05, 3.63) is 40.9 Å². The molecular formula is C21H28N4O7S2. The van der Waals surface area contributed by atoms with Crippen molar-refractivity contribution in [1.29, 1.82) is 0 Å². The summed E-state index contributed by atoms with van der Waals surface area (Å²) in [5.41, 5.74) is 0.344. The van der Waals surface area contributed by atoms with Crippen LogP contribution in [-0.4, -0.2) is 80.6 Å². The van der Waals surface area contributed by atoms with Gasteiger partial charge in [-0.05, 0) is 12.1 Å². The smallest absolute Gasteiger partial charge is 0.280 e. The third kappa shape index (κ3) is 6.58. The zero-order chi connectivity index (χ0) is 24.6. The van der Waals surface area contributed by atoms with Crippen LogP contribution in [0, 0.1) is 0 Å². The summed E-state index contributed by atoms with van der Waals surface area (Å²) in [4.78, 5) is 23.6. The number of rotatable bonds is 12. The Bertz CT molecular complexity index is 1080. The predicted molar refractivity (Wildman–Crippen MR) is 126 cm³/mol. The maximum Gasteiger partial charge on any atom is 0.280 e. The molecule has 0 unspecified atom stereocenters. The number of amides is 1. The zero-order valence-corrected chi connectivity index (χ0v) is 20.6. The lowest BCUT2D eigenvalue weighted by atomic mass is 10.1. The molecule has 186 valence electrons. The Kier molecular flexibility index (Phi) is 9.50. The van der Waals surface area contributed by atoms with Gasteiger partial charge in [0.25, 0.3) is 5.91 Å². The van der Waals surface area contributed by atoms with Crippen molar-refractivity contribution in [2.45, 2.75) is 31.0 Å². The summed E-state index contributed by atoms with van der Waals surface area (Å²) in [7, 11) is -2.22. The largest absolute Gasteiger partial charge is 0.395 e. The monoisotopic (exact) mass is 512 g/mol. The van der Waals surface area contributed by atoms with E-state index in [-0.39, 0.29) is 36.4 Å². The van der Waals surface area contributed by atoms with E-state index >= 15 is 0 Å². The number of oxime groups is 1. The number of hydrogen-bond acceptors (Lipinski definition) is 10. The predicted octanol–water partition coefficient (Wildman–Crippen LogP) is 1.44. The molecule has 1 fully saturated rings. The second-order valence-corrected chi connectivity index (χ2v) is 10.3. The van der Waals surface area contributed by atoms with E-state index in [2.05, 4.69) is 15.5 Å². The van der Waals surface area contributed by atoms with Crippen LogP contribution in [0.25, 0.3) is 0 Å². The van der Waals surface area contributed by atoms with Gasteiger partial charge in [-0.2, -0.15) is 4.31 Å². The van der Waals surface area contributed by atoms with Crippen LogP contribution in [0.1, 0.15) is 23.8 Å². The lowest BCUT2D eigenvalue weighted by Crippen LogP contribution is -2.33. The highest BCUT2D eigenvalue weighted by atomic mass is 32.2. The fraction of sp³-hybridized carbons (Fsp3) is 0.476. The first kappa shape index (κ1) is 26.2. The summed E-state index contributed by atoms with van der Waals surface area (Å²) < 4.78 is 37.2. The van der Waals surface area contributed by atoms with Gasteiger partial charge in [0, 0.05) is 38.4 Å². The maximum atomic E-state index is 13.0. The molecule has 2 aromatic rings. The fourth-order valence-corrected chi connectivity index (χ4v) is 5.39. The molecule has 11 nitrogen and oxygen atoms in total. The van der Waals surface area contributed by atoms with Crippen LogP contribution in [0.3, 0.4) is 0 Å². The number of benzene rings is 1. The SMILES string of the molecule is CCN(CCO)S(=O)(=O)c1ccc(C(=NO[C@@H]2CCOC2)C(=O)Nc2ncc(COC)s2)cc1. The van der Waals surface area contributed by atoms with Gasteiger partial charge in [-0.1, -0.05) is 35.5 Å². The Morgan fingerprint density at radius 3 is 2.76 bits per heavy atom. The molecule has 3 rings (SSSR count). The van der Waals surface area contributed by atoms with Crippen LogP contribution in [-0.2, 0) is 35.7 Å². The number of aromatic nitrogens is 1. The molecule has 2 heterocycles. The number of nitrogens with one attached hydrogen (secondary N) is 1. The number of aliphatic hydroxyl groups is 1. The minimum absolute atomic E-state index is 0.00806. The van der Waals surface area contributed by atoms with E-state index in [1.165, 1.54) is 39.9 Å². The van der Waals surface area contributed by atoms with Gasteiger partial charge in [0.05, 0.1) is 36.2 Å². The van der Waals surface area contributed by atoms with Gasteiger partial charge in [0.2, 0.25) is 10.0 Å². The first-order chi connectivity index (χ1) is 16.4. The minimum Gasteiger partial charge on any atom is -0.395 e. The molecule has 1 amide bonds. The Balaban J connectivity index is 1.84.